The molecule has 5 rings (SSSR count). The summed E-state index contributed by atoms with van der Waals surface area (Å²) in [4.78, 5) is 17.3. The highest BCUT2D eigenvalue weighted by Crippen LogP contribution is 2.35. The quantitative estimate of drug-likeness (QED) is 0.648. The molecule has 0 fully saturated rings. The molecule has 0 saturated heterocycles. The number of benzene rings is 3. The average molecular weight is 433 g/mol. The van der Waals surface area contributed by atoms with Crippen molar-refractivity contribution >= 4 is 23.2 Å². The zero-order chi connectivity index (χ0) is 21.2. The number of halogens is 1. The molecular weight excluding hydrogens is 412 g/mol. The Morgan fingerprint density at radius 1 is 1.06 bits per heavy atom. The predicted octanol–water partition coefficient (Wildman–Crippen LogP) is 4.43. The zero-order valence-corrected chi connectivity index (χ0v) is 17.6. The van der Waals surface area contributed by atoms with E-state index in [2.05, 4.69) is 11.4 Å². The van der Waals surface area contributed by atoms with Crippen molar-refractivity contribution in [2.75, 3.05) is 19.9 Å². The van der Waals surface area contributed by atoms with Crippen LogP contribution >= 0.6 is 11.6 Å². The molecule has 5 nitrogen and oxygen atoms in total. The monoisotopic (exact) mass is 432 g/mol. The summed E-state index contributed by atoms with van der Waals surface area (Å²) in [5.74, 6) is 1.42. The minimum absolute atomic E-state index is 0.106. The fourth-order valence-electron chi connectivity index (χ4n) is 3.99. The van der Waals surface area contributed by atoms with Gasteiger partial charge in [0.2, 0.25) is 6.79 Å². The molecule has 31 heavy (non-hydrogen) atoms. The number of hydrogen-bond acceptors (Lipinski definition) is 4. The number of ether oxygens (including phenoxy) is 2. The molecular formula is C25H21ClN2O3. The van der Waals surface area contributed by atoms with Gasteiger partial charge in [-0.05, 0) is 54.3 Å². The van der Waals surface area contributed by atoms with E-state index in [0.717, 1.165) is 46.9 Å². The van der Waals surface area contributed by atoms with Crippen LogP contribution in [-0.4, -0.2) is 31.5 Å². The Hall–Kier alpha value is -3.31. The standard InChI is InChI=1S/C25H21ClN2O3/c26-20-9-8-16-10-12-27-23(21(16)14-20)17-4-6-19(7-5-17)25(29)28-13-11-18-2-1-3-22-24(18)31-15-30-22/h1-9,14H,10-13,15H2,(H,28,29). The molecule has 0 aliphatic carbocycles. The third kappa shape index (κ3) is 4.01. The molecule has 0 atom stereocenters. The minimum atomic E-state index is -0.106. The van der Waals surface area contributed by atoms with E-state index in [1.54, 1.807) is 0 Å². The lowest BCUT2D eigenvalue weighted by molar-refractivity contribution is 0.0954. The molecule has 3 aromatic carbocycles. The van der Waals surface area contributed by atoms with Crippen molar-refractivity contribution in [2.24, 2.45) is 4.99 Å². The molecule has 2 aliphatic rings. The first-order chi connectivity index (χ1) is 15.2. The molecule has 0 radical (unpaired) electrons. The van der Waals surface area contributed by atoms with Gasteiger partial charge in [-0.1, -0.05) is 41.9 Å². The van der Waals surface area contributed by atoms with Crippen LogP contribution in [0.1, 0.15) is 32.6 Å². The van der Waals surface area contributed by atoms with Crippen molar-refractivity contribution in [1.29, 1.82) is 0 Å². The molecule has 6 heteroatoms. The number of nitrogens with one attached hydrogen (secondary N) is 1. The van der Waals surface area contributed by atoms with E-state index in [-0.39, 0.29) is 12.7 Å². The second-order valence-electron chi connectivity index (χ2n) is 7.52. The van der Waals surface area contributed by atoms with E-state index >= 15 is 0 Å². The summed E-state index contributed by atoms with van der Waals surface area (Å²) in [6.45, 7) is 1.51. The van der Waals surface area contributed by atoms with Crippen LogP contribution in [0.4, 0.5) is 0 Å². The SMILES string of the molecule is O=C(NCCc1cccc2c1OCO2)c1ccc(C2=NCCc3ccc(Cl)cc32)cc1. The fraction of sp³-hybridized carbons (Fsp3) is 0.200. The van der Waals surface area contributed by atoms with Gasteiger partial charge in [-0.25, -0.2) is 0 Å². The highest BCUT2D eigenvalue weighted by atomic mass is 35.5. The molecule has 0 aromatic heterocycles. The molecule has 0 saturated carbocycles. The average Bonchev–Trinajstić information content (AvgIpc) is 3.28. The van der Waals surface area contributed by atoms with Crippen molar-refractivity contribution in [1.82, 2.24) is 5.32 Å². The highest BCUT2D eigenvalue weighted by molar-refractivity contribution is 6.31. The maximum atomic E-state index is 12.6. The molecule has 0 spiro atoms. The lowest BCUT2D eigenvalue weighted by atomic mass is 9.93. The normalized spacial score (nSPS) is 14.0. The van der Waals surface area contributed by atoms with Crippen LogP contribution in [0.2, 0.25) is 5.02 Å². The van der Waals surface area contributed by atoms with Gasteiger partial charge in [0.1, 0.15) is 0 Å². The molecule has 156 valence electrons. The van der Waals surface area contributed by atoms with Crippen LogP contribution in [0.25, 0.3) is 0 Å². The number of rotatable bonds is 5. The first kappa shape index (κ1) is 19.6. The summed E-state index contributed by atoms with van der Waals surface area (Å²) in [6, 6.07) is 19.3. The first-order valence-electron chi connectivity index (χ1n) is 10.3. The van der Waals surface area contributed by atoms with Gasteiger partial charge >= 0.3 is 0 Å². The van der Waals surface area contributed by atoms with Gasteiger partial charge < -0.3 is 14.8 Å². The van der Waals surface area contributed by atoms with Crippen molar-refractivity contribution in [3.63, 3.8) is 0 Å². The van der Waals surface area contributed by atoms with Crippen molar-refractivity contribution in [3.05, 3.63) is 93.5 Å². The number of hydrogen-bond donors (Lipinski definition) is 1. The van der Waals surface area contributed by atoms with Crippen molar-refractivity contribution in [3.8, 4) is 11.5 Å². The van der Waals surface area contributed by atoms with Crippen LogP contribution in [0.3, 0.4) is 0 Å². The Labute approximate surface area is 185 Å². The number of aliphatic imine (C=N–C) groups is 1. The van der Waals surface area contributed by atoms with Gasteiger partial charge in [0.15, 0.2) is 11.5 Å². The van der Waals surface area contributed by atoms with Crippen LogP contribution in [-0.2, 0) is 12.8 Å². The van der Waals surface area contributed by atoms with Crippen LogP contribution in [0, 0.1) is 0 Å². The summed E-state index contributed by atoms with van der Waals surface area (Å²) in [5, 5.41) is 3.68. The first-order valence-corrected chi connectivity index (χ1v) is 10.7. The second kappa shape index (κ2) is 8.44. The Bertz CT molecular complexity index is 1170. The number of nitrogens with zero attached hydrogens (tertiary/aromatic N) is 1. The maximum Gasteiger partial charge on any atom is 0.251 e. The van der Waals surface area contributed by atoms with Crippen LogP contribution < -0.4 is 14.8 Å². The van der Waals surface area contributed by atoms with Gasteiger partial charge in [-0.2, -0.15) is 0 Å². The summed E-state index contributed by atoms with van der Waals surface area (Å²) < 4.78 is 10.9. The summed E-state index contributed by atoms with van der Waals surface area (Å²) >= 11 is 6.20. The Morgan fingerprint density at radius 2 is 1.94 bits per heavy atom. The van der Waals surface area contributed by atoms with Gasteiger partial charge in [-0.15, -0.1) is 0 Å². The molecule has 0 bridgehead atoms. The summed E-state index contributed by atoms with van der Waals surface area (Å²) in [7, 11) is 0. The minimum Gasteiger partial charge on any atom is -0.454 e. The molecule has 3 aromatic rings. The van der Waals surface area contributed by atoms with Crippen molar-refractivity contribution in [2.45, 2.75) is 12.8 Å². The Morgan fingerprint density at radius 3 is 2.81 bits per heavy atom. The smallest absolute Gasteiger partial charge is 0.251 e. The predicted molar refractivity (Wildman–Crippen MR) is 121 cm³/mol. The fourth-order valence-corrected chi connectivity index (χ4v) is 4.16. The largest absolute Gasteiger partial charge is 0.454 e. The summed E-state index contributed by atoms with van der Waals surface area (Å²) in [5.41, 5.74) is 5.87. The van der Waals surface area contributed by atoms with Gasteiger partial charge in [0, 0.05) is 34.8 Å². The van der Waals surface area contributed by atoms with E-state index in [0.29, 0.717) is 23.6 Å². The number of amides is 1. The van der Waals surface area contributed by atoms with E-state index in [1.165, 1.54) is 5.56 Å². The molecule has 1 N–H and O–H groups in total. The van der Waals surface area contributed by atoms with Gasteiger partial charge in [-0.3, -0.25) is 9.79 Å². The number of para-hydroxylation sites is 1. The Kier molecular flexibility index (Phi) is 5.35. The second-order valence-corrected chi connectivity index (χ2v) is 7.95. The van der Waals surface area contributed by atoms with E-state index < -0.39 is 0 Å². The maximum absolute atomic E-state index is 12.6. The lowest BCUT2D eigenvalue weighted by Crippen LogP contribution is -2.25. The summed E-state index contributed by atoms with van der Waals surface area (Å²) in [6.07, 6.45) is 1.59. The third-order valence-corrected chi connectivity index (χ3v) is 5.79. The van der Waals surface area contributed by atoms with Crippen molar-refractivity contribution < 1.29 is 14.3 Å². The number of carbonyl (C=O) groups is 1. The topological polar surface area (TPSA) is 59.9 Å². The van der Waals surface area contributed by atoms with E-state index in [4.69, 9.17) is 26.1 Å². The lowest BCUT2D eigenvalue weighted by Gasteiger charge is -2.17. The molecule has 2 aliphatic heterocycles. The highest BCUT2D eigenvalue weighted by Gasteiger charge is 2.18. The van der Waals surface area contributed by atoms with E-state index in [9.17, 15) is 4.79 Å². The molecule has 1 amide bonds. The molecule has 0 unspecified atom stereocenters. The third-order valence-electron chi connectivity index (χ3n) is 5.56. The van der Waals surface area contributed by atoms with Gasteiger partial charge in [0.25, 0.3) is 5.91 Å². The van der Waals surface area contributed by atoms with E-state index in [1.807, 2.05) is 54.6 Å². The number of carbonyl (C=O) groups excluding carboxylic acids is 1. The zero-order valence-electron chi connectivity index (χ0n) is 16.9. The molecule has 2 heterocycles. The Balaban J connectivity index is 1.25. The van der Waals surface area contributed by atoms with Crippen LogP contribution in [0.5, 0.6) is 11.5 Å². The number of fused-ring (bicyclic) bond motifs is 2. The van der Waals surface area contributed by atoms with Gasteiger partial charge in [0.05, 0.1) is 5.71 Å². The van der Waals surface area contributed by atoms with Crippen LogP contribution in [0.15, 0.2) is 65.7 Å².